The van der Waals surface area contributed by atoms with Crippen LogP contribution in [-0.2, 0) is 4.74 Å². The van der Waals surface area contributed by atoms with Gasteiger partial charge in [-0.2, -0.15) is 0 Å². The molecule has 0 bridgehead atoms. The minimum absolute atomic E-state index is 0.158. The number of aliphatic hydroxyl groups is 1. The first-order chi connectivity index (χ1) is 9.51. The number of ether oxygens (including phenoxy) is 3. The van der Waals surface area contributed by atoms with Crippen molar-refractivity contribution in [2.75, 3.05) is 7.11 Å². The largest absolute Gasteiger partial charge is 0.497 e. The minimum atomic E-state index is -0.508. The third-order valence-corrected chi connectivity index (χ3v) is 4.25. The highest BCUT2D eigenvalue weighted by atomic mass is 16.5. The van der Waals surface area contributed by atoms with E-state index in [9.17, 15) is 5.11 Å². The van der Waals surface area contributed by atoms with Gasteiger partial charge in [0.25, 0.3) is 0 Å². The average molecular weight is 278 g/mol. The zero-order chi connectivity index (χ0) is 14.3. The summed E-state index contributed by atoms with van der Waals surface area (Å²) in [6.07, 6.45) is 2.06. The van der Waals surface area contributed by atoms with E-state index in [1.165, 1.54) is 0 Å². The summed E-state index contributed by atoms with van der Waals surface area (Å²) >= 11 is 0. The van der Waals surface area contributed by atoms with Gasteiger partial charge in [0.1, 0.15) is 17.1 Å². The Morgan fingerprint density at radius 1 is 1.20 bits per heavy atom. The van der Waals surface area contributed by atoms with E-state index in [0.717, 1.165) is 29.9 Å². The molecule has 1 N–H and O–H groups in total. The van der Waals surface area contributed by atoms with Crippen molar-refractivity contribution >= 4 is 0 Å². The highest BCUT2D eigenvalue weighted by molar-refractivity contribution is 5.43. The lowest BCUT2D eigenvalue weighted by molar-refractivity contribution is -0.140. The zero-order valence-electron chi connectivity index (χ0n) is 12.3. The molecule has 2 aliphatic rings. The predicted octanol–water partition coefficient (Wildman–Crippen LogP) is 2.84. The molecule has 110 valence electrons. The molecule has 1 aromatic rings. The number of aliphatic hydroxyl groups excluding tert-OH is 1. The van der Waals surface area contributed by atoms with Crippen LogP contribution < -0.4 is 9.47 Å². The normalized spacial score (nSPS) is 36.3. The lowest BCUT2D eigenvalue weighted by atomic mass is 9.79. The van der Waals surface area contributed by atoms with Gasteiger partial charge >= 0.3 is 0 Å². The van der Waals surface area contributed by atoms with E-state index in [1.807, 2.05) is 18.2 Å². The van der Waals surface area contributed by atoms with E-state index in [2.05, 4.69) is 13.8 Å². The predicted molar refractivity (Wildman–Crippen MR) is 75.2 cm³/mol. The second-order valence-corrected chi connectivity index (χ2v) is 6.07. The van der Waals surface area contributed by atoms with E-state index < -0.39 is 6.10 Å². The van der Waals surface area contributed by atoms with Crippen LogP contribution in [0.15, 0.2) is 18.2 Å². The van der Waals surface area contributed by atoms with Gasteiger partial charge < -0.3 is 19.3 Å². The Labute approximate surface area is 119 Å². The van der Waals surface area contributed by atoms with Crippen molar-refractivity contribution in [3.8, 4) is 11.5 Å². The minimum Gasteiger partial charge on any atom is -0.497 e. The Balaban J connectivity index is 1.92. The van der Waals surface area contributed by atoms with Crippen molar-refractivity contribution in [3.63, 3.8) is 0 Å². The fourth-order valence-corrected chi connectivity index (χ4v) is 3.62. The van der Waals surface area contributed by atoms with Crippen LogP contribution in [0.5, 0.6) is 11.5 Å². The van der Waals surface area contributed by atoms with Crippen LogP contribution >= 0.6 is 0 Å². The number of methoxy groups -OCH3 is 1. The van der Waals surface area contributed by atoms with Crippen LogP contribution in [-0.4, -0.2) is 30.0 Å². The van der Waals surface area contributed by atoms with Gasteiger partial charge in [0, 0.05) is 24.8 Å². The van der Waals surface area contributed by atoms with E-state index in [4.69, 9.17) is 14.2 Å². The van der Waals surface area contributed by atoms with Crippen LogP contribution in [0, 0.1) is 0 Å². The fourth-order valence-electron chi connectivity index (χ4n) is 3.62. The van der Waals surface area contributed by atoms with Crippen LogP contribution in [0.2, 0.25) is 0 Å². The summed E-state index contributed by atoms with van der Waals surface area (Å²) in [5, 5.41) is 10.5. The summed E-state index contributed by atoms with van der Waals surface area (Å²) in [6, 6.07) is 5.62. The second kappa shape index (κ2) is 4.93. The zero-order valence-corrected chi connectivity index (χ0v) is 12.3. The van der Waals surface area contributed by atoms with Gasteiger partial charge in [-0.15, -0.1) is 0 Å². The van der Waals surface area contributed by atoms with Gasteiger partial charge in [-0.1, -0.05) is 0 Å². The molecule has 2 unspecified atom stereocenters. The molecule has 0 radical (unpaired) electrons. The molecule has 1 spiro atoms. The van der Waals surface area contributed by atoms with Crippen molar-refractivity contribution in [3.05, 3.63) is 23.8 Å². The Bertz CT molecular complexity index is 489. The molecule has 0 aliphatic carbocycles. The Morgan fingerprint density at radius 3 is 2.55 bits per heavy atom. The van der Waals surface area contributed by atoms with Crippen LogP contribution in [0.1, 0.15) is 44.8 Å². The average Bonchev–Trinajstić information content (AvgIpc) is 2.36. The molecular formula is C16H22O4. The first kappa shape index (κ1) is 13.7. The van der Waals surface area contributed by atoms with Crippen LogP contribution in [0.25, 0.3) is 0 Å². The van der Waals surface area contributed by atoms with Gasteiger partial charge in [0.05, 0.1) is 25.4 Å². The fraction of sp³-hybridized carbons (Fsp3) is 0.625. The van der Waals surface area contributed by atoms with Gasteiger partial charge in [-0.3, -0.25) is 0 Å². The number of rotatable bonds is 1. The van der Waals surface area contributed by atoms with Crippen molar-refractivity contribution in [1.29, 1.82) is 0 Å². The molecule has 1 aromatic carbocycles. The third-order valence-electron chi connectivity index (χ3n) is 4.25. The molecule has 0 aromatic heterocycles. The van der Waals surface area contributed by atoms with Gasteiger partial charge in [-0.05, 0) is 32.0 Å². The molecule has 4 nitrogen and oxygen atoms in total. The Hall–Kier alpha value is -1.26. The molecule has 2 heterocycles. The number of benzene rings is 1. The Morgan fingerprint density at radius 2 is 1.90 bits per heavy atom. The number of fused-ring (bicyclic) bond motifs is 1. The number of hydrogen-bond donors (Lipinski definition) is 1. The van der Waals surface area contributed by atoms with E-state index in [0.29, 0.717) is 6.42 Å². The monoisotopic (exact) mass is 278 g/mol. The second-order valence-electron chi connectivity index (χ2n) is 6.07. The quantitative estimate of drug-likeness (QED) is 0.858. The molecule has 3 rings (SSSR count). The molecule has 2 aliphatic heterocycles. The van der Waals surface area contributed by atoms with Gasteiger partial charge in [0.2, 0.25) is 0 Å². The lowest BCUT2D eigenvalue weighted by Gasteiger charge is -2.46. The van der Waals surface area contributed by atoms with Gasteiger partial charge in [0.15, 0.2) is 0 Å². The highest BCUT2D eigenvalue weighted by Crippen LogP contribution is 2.46. The topological polar surface area (TPSA) is 47.9 Å². The van der Waals surface area contributed by atoms with Crippen molar-refractivity contribution in [1.82, 2.24) is 0 Å². The summed E-state index contributed by atoms with van der Waals surface area (Å²) in [4.78, 5) is 0. The lowest BCUT2D eigenvalue weighted by Crippen LogP contribution is -2.50. The first-order valence-electron chi connectivity index (χ1n) is 7.22. The van der Waals surface area contributed by atoms with Crippen molar-refractivity contribution in [2.45, 2.75) is 57.0 Å². The van der Waals surface area contributed by atoms with E-state index in [1.54, 1.807) is 7.11 Å². The molecule has 3 atom stereocenters. The summed E-state index contributed by atoms with van der Waals surface area (Å²) in [7, 11) is 1.63. The Kier molecular flexibility index (Phi) is 3.38. The maximum Gasteiger partial charge on any atom is 0.126 e. The smallest absolute Gasteiger partial charge is 0.126 e. The maximum atomic E-state index is 10.5. The summed E-state index contributed by atoms with van der Waals surface area (Å²) < 4.78 is 17.3. The summed E-state index contributed by atoms with van der Waals surface area (Å²) in [5.41, 5.74) is 0.514. The molecule has 0 saturated carbocycles. The van der Waals surface area contributed by atoms with Crippen molar-refractivity contribution < 1.29 is 19.3 Å². The maximum absolute atomic E-state index is 10.5. The molecule has 20 heavy (non-hydrogen) atoms. The van der Waals surface area contributed by atoms with Crippen molar-refractivity contribution in [2.24, 2.45) is 0 Å². The standard InChI is InChI=1S/C16H22O4/c1-10-7-16(8-11(2)19-10)9-14(17)13-6-12(18-3)4-5-15(13)20-16/h4-6,10-11,14,17H,7-9H2,1-3H3/t10?,11?,14-,16?/m0/s1. The molecule has 0 amide bonds. The molecular weight excluding hydrogens is 256 g/mol. The third kappa shape index (κ3) is 2.38. The molecule has 1 fully saturated rings. The molecule has 1 saturated heterocycles. The molecule has 4 heteroatoms. The first-order valence-corrected chi connectivity index (χ1v) is 7.22. The number of hydrogen-bond acceptors (Lipinski definition) is 4. The van der Waals surface area contributed by atoms with Gasteiger partial charge in [-0.25, -0.2) is 0 Å². The summed E-state index contributed by atoms with van der Waals surface area (Å²) in [5.74, 6) is 1.52. The van der Waals surface area contributed by atoms with Crippen LogP contribution in [0.3, 0.4) is 0 Å². The van der Waals surface area contributed by atoms with Crippen LogP contribution in [0.4, 0.5) is 0 Å². The SMILES string of the molecule is COc1ccc2c(c1)[C@@H](O)CC1(CC(C)OC(C)C1)O2. The highest BCUT2D eigenvalue weighted by Gasteiger charge is 2.45. The summed E-state index contributed by atoms with van der Waals surface area (Å²) in [6.45, 7) is 4.13. The van der Waals surface area contributed by atoms with E-state index in [-0.39, 0.29) is 17.8 Å². The van der Waals surface area contributed by atoms with E-state index >= 15 is 0 Å².